The Balaban J connectivity index is 1.57. The third-order valence-corrected chi connectivity index (χ3v) is 7.63. The van der Waals surface area contributed by atoms with Crippen molar-refractivity contribution in [2.75, 3.05) is 18.6 Å². The molecule has 6 nitrogen and oxygen atoms in total. The Labute approximate surface area is 221 Å². The summed E-state index contributed by atoms with van der Waals surface area (Å²) in [6.07, 6.45) is 1.11. The quantitative estimate of drug-likeness (QED) is 0.336. The SMILES string of the molecule is COc1ccc(CCNC(=O)/C(C#N)=C2/SC(Cc3ccc(C)c(C)c3)C(=O)N2c2ccccc2)cc1. The van der Waals surface area contributed by atoms with Crippen molar-refractivity contribution in [3.8, 4) is 11.8 Å². The minimum atomic E-state index is -0.487. The van der Waals surface area contributed by atoms with Gasteiger partial charge in [0.2, 0.25) is 5.91 Å². The van der Waals surface area contributed by atoms with Gasteiger partial charge in [-0.15, -0.1) is 0 Å². The van der Waals surface area contributed by atoms with Gasteiger partial charge in [0.05, 0.1) is 12.4 Å². The van der Waals surface area contributed by atoms with Gasteiger partial charge < -0.3 is 10.1 Å². The Morgan fingerprint density at radius 2 is 1.73 bits per heavy atom. The summed E-state index contributed by atoms with van der Waals surface area (Å²) in [4.78, 5) is 28.2. The first kappa shape index (κ1) is 26.1. The topological polar surface area (TPSA) is 82.4 Å². The van der Waals surface area contributed by atoms with E-state index in [0.29, 0.717) is 30.1 Å². The maximum atomic E-state index is 13.6. The number of anilines is 1. The largest absolute Gasteiger partial charge is 0.497 e. The van der Waals surface area contributed by atoms with E-state index in [2.05, 4.69) is 30.4 Å². The van der Waals surface area contributed by atoms with Crippen molar-refractivity contribution in [3.63, 3.8) is 0 Å². The smallest absolute Gasteiger partial charge is 0.264 e. The van der Waals surface area contributed by atoms with Gasteiger partial charge in [-0.05, 0) is 73.2 Å². The van der Waals surface area contributed by atoms with Crippen LogP contribution in [0.3, 0.4) is 0 Å². The maximum Gasteiger partial charge on any atom is 0.264 e. The zero-order valence-electron chi connectivity index (χ0n) is 21.2. The molecule has 1 unspecified atom stereocenters. The number of nitriles is 1. The number of carbonyl (C=O) groups excluding carboxylic acids is 2. The van der Waals surface area contributed by atoms with E-state index in [-0.39, 0.29) is 11.5 Å². The van der Waals surface area contributed by atoms with Crippen LogP contribution in [0.2, 0.25) is 0 Å². The first-order valence-corrected chi connectivity index (χ1v) is 13.0. The highest BCUT2D eigenvalue weighted by molar-refractivity contribution is 8.05. The van der Waals surface area contributed by atoms with Crippen molar-refractivity contribution >= 4 is 29.3 Å². The molecule has 1 atom stereocenters. The van der Waals surface area contributed by atoms with Gasteiger partial charge >= 0.3 is 0 Å². The molecule has 1 N–H and O–H groups in total. The van der Waals surface area contributed by atoms with E-state index in [9.17, 15) is 14.9 Å². The van der Waals surface area contributed by atoms with Gasteiger partial charge in [-0.1, -0.05) is 60.3 Å². The third-order valence-electron chi connectivity index (χ3n) is 6.37. The molecule has 1 fully saturated rings. The molecule has 2 amide bonds. The van der Waals surface area contributed by atoms with Crippen molar-refractivity contribution in [2.24, 2.45) is 0 Å². The number of amides is 2. The standard InChI is InChI=1S/C30H29N3O3S/c1-20-9-10-23(17-21(20)2)18-27-29(35)33(24-7-5-4-6-8-24)30(37-27)26(19-31)28(34)32-16-15-22-11-13-25(36-3)14-12-22/h4-14,17,27H,15-16,18H2,1-3H3,(H,32,34)/b30-26+. The number of rotatable bonds is 8. The average molecular weight is 512 g/mol. The number of nitrogens with one attached hydrogen (secondary N) is 1. The van der Waals surface area contributed by atoms with Crippen molar-refractivity contribution < 1.29 is 14.3 Å². The highest BCUT2D eigenvalue weighted by Crippen LogP contribution is 2.41. The lowest BCUT2D eigenvalue weighted by Gasteiger charge is -2.18. The van der Waals surface area contributed by atoms with Crippen LogP contribution in [-0.2, 0) is 22.4 Å². The van der Waals surface area contributed by atoms with Gasteiger partial charge in [0.1, 0.15) is 22.4 Å². The molecule has 188 valence electrons. The molecule has 7 heteroatoms. The second-order valence-corrected chi connectivity index (χ2v) is 10.1. The monoisotopic (exact) mass is 511 g/mol. The number of benzene rings is 3. The number of methoxy groups -OCH3 is 1. The molecule has 0 spiro atoms. The fraction of sp³-hybridized carbons (Fsp3) is 0.233. The molecule has 1 aliphatic heterocycles. The Kier molecular flexibility index (Phi) is 8.32. The number of para-hydroxylation sites is 1. The lowest BCUT2D eigenvalue weighted by Crippen LogP contribution is -2.32. The van der Waals surface area contributed by atoms with Crippen LogP contribution in [0, 0.1) is 25.2 Å². The summed E-state index contributed by atoms with van der Waals surface area (Å²) < 4.78 is 5.18. The van der Waals surface area contributed by atoms with Crippen LogP contribution in [0.4, 0.5) is 5.69 Å². The third kappa shape index (κ3) is 6.04. The molecule has 3 aromatic carbocycles. The summed E-state index contributed by atoms with van der Waals surface area (Å²) in [5.74, 6) is 0.144. The van der Waals surface area contributed by atoms with Crippen LogP contribution in [0.25, 0.3) is 0 Å². The van der Waals surface area contributed by atoms with Crippen LogP contribution < -0.4 is 15.0 Å². The van der Waals surface area contributed by atoms with Crippen molar-refractivity contribution in [1.82, 2.24) is 5.32 Å². The Morgan fingerprint density at radius 3 is 2.38 bits per heavy atom. The van der Waals surface area contributed by atoms with E-state index in [4.69, 9.17) is 4.74 Å². The predicted molar refractivity (Wildman–Crippen MR) is 147 cm³/mol. The first-order chi connectivity index (χ1) is 17.9. The second kappa shape index (κ2) is 11.8. The van der Waals surface area contributed by atoms with Crippen molar-refractivity contribution in [2.45, 2.75) is 31.9 Å². The van der Waals surface area contributed by atoms with Crippen LogP contribution >= 0.6 is 11.8 Å². The molecule has 0 saturated carbocycles. The number of nitrogens with zero attached hydrogens (tertiary/aromatic N) is 2. The molecule has 1 heterocycles. The number of carbonyl (C=O) groups is 2. The molecule has 0 aromatic heterocycles. The molecule has 3 aromatic rings. The molecular formula is C30H29N3O3S. The summed E-state index contributed by atoms with van der Waals surface area (Å²) in [5, 5.41) is 12.8. The molecular weight excluding hydrogens is 482 g/mol. The minimum Gasteiger partial charge on any atom is -0.497 e. The molecule has 0 radical (unpaired) electrons. The molecule has 1 saturated heterocycles. The van der Waals surface area contributed by atoms with E-state index in [1.165, 1.54) is 22.2 Å². The molecule has 1 aliphatic rings. The number of ether oxygens (including phenoxy) is 1. The summed E-state index contributed by atoms with van der Waals surface area (Å²) in [5.41, 5.74) is 5.02. The summed E-state index contributed by atoms with van der Waals surface area (Å²) in [7, 11) is 1.61. The van der Waals surface area contributed by atoms with E-state index >= 15 is 0 Å². The zero-order valence-corrected chi connectivity index (χ0v) is 22.0. The fourth-order valence-corrected chi connectivity index (χ4v) is 5.45. The second-order valence-electron chi connectivity index (χ2n) is 8.88. The molecule has 37 heavy (non-hydrogen) atoms. The number of aryl methyl sites for hydroxylation is 2. The van der Waals surface area contributed by atoms with Gasteiger partial charge in [-0.25, -0.2) is 0 Å². The van der Waals surface area contributed by atoms with E-state index in [0.717, 1.165) is 22.4 Å². The van der Waals surface area contributed by atoms with E-state index in [1.54, 1.807) is 7.11 Å². The number of thioether (sulfide) groups is 1. The van der Waals surface area contributed by atoms with Crippen molar-refractivity contribution in [3.05, 3.63) is 106 Å². The predicted octanol–water partition coefficient (Wildman–Crippen LogP) is 5.10. The molecule has 0 aliphatic carbocycles. The van der Waals surface area contributed by atoms with Gasteiger partial charge in [0.25, 0.3) is 5.91 Å². The molecule has 4 rings (SSSR count). The number of hydrogen-bond donors (Lipinski definition) is 1. The van der Waals surface area contributed by atoms with Gasteiger partial charge in [-0.3, -0.25) is 14.5 Å². The lowest BCUT2D eigenvalue weighted by molar-refractivity contribution is -0.117. The molecule has 0 bridgehead atoms. The zero-order chi connectivity index (χ0) is 26.4. The lowest BCUT2D eigenvalue weighted by atomic mass is 10.0. The van der Waals surface area contributed by atoms with E-state index < -0.39 is 11.2 Å². The van der Waals surface area contributed by atoms with Crippen LogP contribution in [0.5, 0.6) is 5.75 Å². The van der Waals surface area contributed by atoms with Crippen molar-refractivity contribution in [1.29, 1.82) is 5.26 Å². The van der Waals surface area contributed by atoms with Gasteiger partial charge in [0, 0.05) is 12.2 Å². The minimum absolute atomic E-state index is 0.0560. The van der Waals surface area contributed by atoms with Gasteiger partial charge in [0.15, 0.2) is 0 Å². The Hall–Kier alpha value is -4.02. The normalized spacial score (nSPS) is 16.3. The summed E-state index contributed by atoms with van der Waals surface area (Å²) in [6, 6.07) is 25.0. The fourth-order valence-electron chi connectivity index (χ4n) is 4.14. The summed E-state index contributed by atoms with van der Waals surface area (Å²) >= 11 is 1.28. The Morgan fingerprint density at radius 1 is 1.03 bits per heavy atom. The van der Waals surface area contributed by atoms with Gasteiger partial charge in [-0.2, -0.15) is 5.26 Å². The summed E-state index contributed by atoms with van der Waals surface area (Å²) in [6.45, 7) is 4.47. The first-order valence-electron chi connectivity index (χ1n) is 12.1. The average Bonchev–Trinajstić information content (AvgIpc) is 3.22. The Bertz CT molecular complexity index is 1360. The highest BCUT2D eigenvalue weighted by Gasteiger charge is 2.40. The van der Waals surface area contributed by atoms with Crippen LogP contribution in [0.15, 0.2) is 83.4 Å². The highest BCUT2D eigenvalue weighted by atomic mass is 32.2. The maximum absolute atomic E-state index is 13.6. The van der Waals surface area contributed by atoms with Crippen LogP contribution in [-0.4, -0.2) is 30.7 Å². The van der Waals surface area contributed by atoms with E-state index in [1.807, 2.05) is 67.6 Å². The van der Waals surface area contributed by atoms with Crippen LogP contribution in [0.1, 0.15) is 22.3 Å². The number of hydrogen-bond acceptors (Lipinski definition) is 5.